The average molecular weight is 248 g/mol. The first kappa shape index (κ1) is 12.5. The molecule has 0 saturated heterocycles. The number of fused-ring (bicyclic) bond motifs is 2. The van der Waals surface area contributed by atoms with Gasteiger partial charge in [0.15, 0.2) is 0 Å². The fourth-order valence-electron chi connectivity index (χ4n) is 2.98. The van der Waals surface area contributed by atoms with E-state index in [1.165, 1.54) is 0 Å². The molecule has 0 aromatic carbocycles. The van der Waals surface area contributed by atoms with Crippen LogP contribution in [0.1, 0.15) is 26.2 Å². The summed E-state index contributed by atoms with van der Waals surface area (Å²) in [5, 5.41) is 0. The quantitative estimate of drug-likeness (QED) is 0.554. The first-order valence-corrected chi connectivity index (χ1v) is 5.76. The smallest absolute Gasteiger partial charge is 0.422 e. The van der Waals surface area contributed by atoms with Crippen LogP contribution in [0.15, 0.2) is 12.2 Å². The monoisotopic (exact) mass is 248 g/mol. The van der Waals surface area contributed by atoms with E-state index in [4.69, 9.17) is 4.74 Å². The molecule has 0 N–H and O–H groups in total. The van der Waals surface area contributed by atoms with Gasteiger partial charge in [-0.25, -0.2) is 4.79 Å². The summed E-state index contributed by atoms with van der Waals surface area (Å²) in [5.74, 6) is 0.0143. The molecule has 2 nitrogen and oxygen atoms in total. The summed E-state index contributed by atoms with van der Waals surface area (Å²) in [4.78, 5) is 11.3. The van der Waals surface area contributed by atoms with Gasteiger partial charge in [-0.15, -0.1) is 0 Å². The van der Waals surface area contributed by atoms with Gasteiger partial charge in [-0.05, 0) is 37.0 Å². The summed E-state index contributed by atoms with van der Waals surface area (Å²) >= 11 is 0. The third-order valence-corrected chi connectivity index (χ3v) is 3.99. The third-order valence-electron chi connectivity index (χ3n) is 3.99. The van der Waals surface area contributed by atoms with Crippen LogP contribution in [0.25, 0.3) is 0 Å². The van der Waals surface area contributed by atoms with Gasteiger partial charge in [-0.1, -0.05) is 13.5 Å². The first-order chi connectivity index (χ1) is 7.79. The second-order valence-electron chi connectivity index (χ2n) is 5.12. The molecule has 2 saturated carbocycles. The van der Waals surface area contributed by atoms with Crippen molar-refractivity contribution < 1.29 is 22.7 Å². The molecular weight excluding hydrogens is 233 g/mol. The van der Waals surface area contributed by atoms with Crippen molar-refractivity contribution in [3.05, 3.63) is 12.2 Å². The predicted molar refractivity (Wildman–Crippen MR) is 55.1 cm³/mol. The lowest BCUT2D eigenvalue weighted by Gasteiger charge is -2.26. The van der Waals surface area contributed by atoms with Crippen molar-refractivity contribution in [1.82, 2.24) is 0 Å². The van der Waals surface area contributed by atoms with Crippen molar-refractivity contribution in [1.29, 1.82) is 0 Å². The maximum Gasteiger partial charge on any atom is 0.422 e. The lowest BCUT2D eigenvalue weighted by Crippen LogP contribution is -2.30. The van der Waals surface area contributed by atoms with E-state index in [1.54, 1.807) is 0 Å². The van der Waals surface area contributed by atoms with Gasteiger partial charge in [0.1, 0.15) is 11.7 Å². The van der Waals surface area contributed by atoms with Gasteiger partial charge in [0.25, 0.3) is 0 Å². The van der Waals surface area contributed by atoms with E-state index in [-0.39, 0.29) is 12.0 Å². The molecule has 2 aliphatic rings. The minimum atomic E-state index is -4.69. The molecule has 4 unspecified atom stereocenters. The number of halogens is 3. The van der Waals surface area contributed by atoms with Gasteiger partial charge >= 0.3 is 12.1 Å². The molecule has 0 aromatic rings. The highest BCUT2D eigenvalue weighted by atomic mass is 19.4. The minimum Gasteiger partial charge on any atom is -0.458 e. The van der Waals surface area contributed by atoms with E-state index in [0.717, 1.165) is 12.8 Å². The fraction of sp³-hybridized carbons (Fsp3) is 0.750. The number of ether oxygens (including phenoxy) is 1. The highest BCUT2D eigenvalue weighted by molar-refractivity contribution is 5.89. The number of carbonyl (C=O) groups excluding carboxylic acids is 1. The Labute approximate surface area is 97.8 Å². The molecule has 0 radical (unpaired) electrons. The van der Waals surface area contributed by atoms with Crippen molar-refractivity contribution >= 4 is 5.97 Å². The van der Waals surface area contributed by atoms with E-state index in [0.29, 0.717) is 18.3 Å². The Morgan fingerprint density at radius 3 is 2.29 bits per heavy atom. The molecule has 2 rings (SSSR count). The molecule has 2 bridgehead atoms. The normalized spacial score (nSPS) is 36.0. The van der Waals surface area contributed by atoms with Crippen molar-refractivity contribution in [2.45, 2.75) is 38.5 Å². The summed E-state index contributed by atoms with van der Waals surface area (Å²) in [6, 6.07) is 0. The molecule has 2 fully saturated rings. The Bertz CT molecular complexity index is 346. The average Bonchev–Trinajstić information content (AvgIpc) is 2.73. The van der Waals surface area contributed by atoms with Gasteiger partial charge in [-0.2, -0.15) is 13.2 Å². The summed E-state index contributed by atoms with van der Waals surface area (Å²) in [6.07, 6.45) is -2.42. The van der Waals surface area contributed by atoms with E-state index >= 15 is 0 Å². The Hall–Kier alpha value is -1.00. The second-order valence-corrected chi connectivity index (χ2v) is 5.12. The number of carbonyl (C=O) groups is 1. The Balaban J connectivity index is 1.91. The molecule has 96 valence electrons. The van der Waals surface area contributed by atoms with Crippen molar-refractivity contribution in [3.63, 3.8) is 0 Å². The van der Waals surface area contributed by atoms with Crippen molar-refractivity contribution in [3.8, 4) is 0 Å². The molecule has 0 aromatic heterocycles. The zero-order valence-corrected chi connectivity index (χ0v) is 9.59. The van der Waals surface area contributed by atoms with E-state index in [2.05, 4.69) is 13.5 Å². The number of hydrogen-bond acceptors (Lipinski definition) is 2. The van der Waals surface area contributed by atoms with Crippen LogP contribution < -0.4 is 0 Å². The Kier molecular flexibility index (Phi) is 2.96. The van der Waals surface area contributed by atoms with Gasteiger partial charge in [0.05, 0.1) is 0 Å². The van der Waals surface area contributed by atoms with Crippen molar-refractivity contribution in [2.24, 2.45) is 17.8 Å². The Morgan fingerprint density at radius 2 is 1.88 bits per heavy atom. The molecule has 0 amide bonds. The van der Waals surface area contributed by atoms with Crippen LogP contribution in [-0.4, -0.2) is 18.2 Å². The van der Waals surface area contributed by atoms with Gasteiger partial charge < -0.3 is 4.74 Å². The van der Waals surface area contributed by atoms with E-state index in [9.17, 15) is 18.0 Å². The maximum atomic E-state index is 12.2. The van der Waals surface area contributed by atoms with E-state index in [1.807, 2.05) is 0 Å². The SMILES string of the molecule is C=C(C(=O)OC1CC2CC1CC2C)C(F)(F)F. The highest BCUT2D eigenvalue weighted by Crippen LogP contribution is 2.49. The molecule has 4 atom stereocenters. The zero-order chi connectivity index (χ0) is 12.8. The Morgan fingerprint density at radius 1 is 1.24 bits per heavy atom. The molecule has 0 heterocycles. The summed E-state index contributed by atoms with van der Waals surface area (Å²) in [7, 11) is 0. The lowest BCUT2D eigenvalue weighted by molar-refractivity contribution is -0.157. The van der Waals surface area contributed by atoms with Crippen LogP contribution in [-0.2, 0) is 9.53 Å². The van der Waals surface area contributed by atoms with Gasteiger partial charge in [0.2, 0.25) is 0 Å². The molecule has 17 heavy (non-hydrogen) atoms. The van der Waals surface area contributed by atoms with Crippen molar-refractivity contribution in [2.75, 3.05) is 0 Å². The van der Waals surface area contributed by atoms with Crippen LogP contribution in [0.4, 0.5) is 13.2 Å². The van der Waals surface area contributed by atoms with Crippen LogP contribution in [0.3, 0.4) is 0 Å². The minimum absolute atomic E-state index is 0.236. The molecule has 0 aliphatic heterocycles. The maximum absolute atomic E-state index is 12.2. The summed E-state index contributed by atoms with van der Waals surface area (Å²) < 4.78 is 41.6. The topological polar surface area (TPSA) is 26.3 Å². The summed E-state index contributed by atoms with van der Waals surface area (Å²) in [6.45, 7) is 4.88. The highest BCUT2D eigenvalue weighted by Gasteiger charge is 2.47. The number of alkyl halides is 3. The fourth-order valence-corrected chi connectivity index (χ4v) is 2.98. The lowest BCUT2D eigenvalue weighted by atomic mass is 9.89. The van der Waals surface area contributed by atoms with E-state index < -0.39 is 17.7 Å². The second kappa shape index (κ2) is 4.03. The number of rotatable bonds is 2. The largest absolute Gasteiger partial charge is 0.458 e. The third kappa shape index (κ3) is 2.33. The van der Waals surface area contributed by atoms with Gasteiger partial charge in [0, 0.05) is 0 Å². The van der Waals surface area contributed by atoms with Crippen LogP contribution in [0, 0.1) is 17.8 Å². The molecular formula is C12H15F3O2. The zero-order valence-electron chi connectivity index (χ0n) is 9.59. The molecule has 0 spiro atoms. The molecule has 5 heteroatoms. The number of hydrogen-bond donors (Lipinski definition) is 0. The number of esters is 1. The molecule has 2 aliphatic carbocycles. The summed E-state index contributed by atoms with van der Waals surface area (Å²) in [5.41, 5.74) is -1.41. The van der Waals surface area contributed by atoms with Crippen LogP contribution in [0.5, 0.6) is 0 Å². The van der Waals surface area contributed by atoms with Crippen LogP contribution in [0.2, 0.25) is 0 Å². The van der Waals surface area contributed by atoms with Crippen LogP contribution >= 0.6 is 0 Å². The van der Waals surface area contributed by atoms with Gasteiger partial charge in [-0.3, -0.25) is 0 Å². The first-order valence-electron chi connectivity index (χ1n) is 5.76. The standard InChI is InChI=1S/C12H15F3O2/c1-6-3-9-4-8(6)5-10(9)17-11(16)7(2)12(13,14)15/h6,8-10H,2-5H2,1H3. The predicted octanol–water partition coefficient (Wildman–Crippen LogP) is 3.08.